The van der Waals surface area contributed by atoms with E-state index in [0.29, 0.717) is 35.6 Å². The maximum Gasteiger partial charge on any atom is 0.254 e. The molecule has 0 bridgehead atoms. The number of ketones is 1. The standard InChI is InChI=1S/C20H21NO4/c1-24-16-11-15(12-17(13-16)25-2)20(23)21-10-6-9-18(21)19(22)14-7-4-3-5-8-14/h3-5,7-8,11-13,18H,6,9-10H2,1-2H3. The van der Waals surface area contributed by atoms with E-state index in [1.54, 1.807) is 49.5 Å². The monoisotopic (exact) mass is 339 g/mol. The van der Waals surface area contributed by atoms with Crippen molar-refractivity contribution in [1.82, 2.24) is 4.90 Å². The number of methoxy groups -OCH3 is 2. The van der Waals surface area contributed by atoms with Crippen LogP contribution in [0.15, 0.2) is 48.5 Å². The third-order valence-electron chi connectivity index (χ3n) is 4.47. The first-order chi connectivity index (χ1) is 12.1. The number of amides is 1. The van der Waals surface area contributed by atoms with E-state index >= 15 is 0 Å². The quantitative estimate of drug-likeness (QED) is 0.785. The number of carbonyl (C=O) groups is 2. The second-order valence-corrected chi connectivity index (χ2v) is 5.99. The van der Waals surface area contributed by atoms with Crippen LogP contribution in [0.5, 0.6) is 11.5 Å². The van der Waals surface area contributed by atoms with Gasteiger partial charge in [-0.05, 0) is 25.0 Å². The van der Waals surface area contributed by atoms with Gasteiger partial charge in [0, 0.05) is 23.7 Å². The number of likely N-dealkylation sites (tertiary alicyclic amines) is 1. The third kappa shape index (κ3) is 3.50. The van der Waals surface area contributed by atoms with Gasteiger partial charge in [-0.15, -0.1) is 0 Å². The molecule has 1 amide bonds. The predicted octanol–water partition coefficient (Wildman–Crippen LogP) is 3.19. The first-order valence-electron chi connectivity index (χ1n) is 8.27. The molecule has 5 heteroatoms. The Morgan fingerprint density at radius 3 is 2.20 bits per heavy atom. The first-order valence-corrected chi connectivity index (χ1v) is 8.27. The highest BCUT2D eigenvalue weighted by Crippen LogP contribution is 2.27. The minimum Gasteiger partial charge on any atom is -0.497 e. The lowest BCUT2D eigenvalue weighted by atomic mass is 10.0. The van der Waals surface area contributed by atoms with E-state index in [2.05, 4.69) is 0 Å². The van der Waals surface area contributed by atoms with Crippen LogP contribution in [0.2, 0.25) is 0 Å². The summed E-state index contributed by atoms with van der Waals surface area (Å²) in [5.41, 5.74) is 1.10. The van der Waals surface area contributed by atoms with Crippen LogP contribution in [-0.4, -0.2) is 43.4 Å². The highest BCUT2D eigenvalue weighted by atomic mass is 16.5. The van der Waals surface area contributed by atoms with Gasteiger partial charge in [0.05, 0.1) is 20.3 Å². The molecule has 0 radical (unpaired) electrons. The maximum absolute atomic E-state index is 13.0. The first kappa shape index (κ1) is 17.0. The second kappa shape index (κ2) is 7.38. The average Bonchev–Trinajstić information content (AvgIpc) is 3.16. The third-order valence-corrected chi connectivity index (χ3v) is 4.47. The van der Waals surface area contributed by atoms with Gasteiger partial charge in [-0.25, -0.2) is 0 Å². The van der Waals surface area contributed by atoms with Gasteiger partial charge in [0.2, 0.25) is 0 Å². The fourth-order valence-corrected chi connectivity index (χ4v) is 3.17. The highest BCUT2D eigenvalue weighted by molar-refractivity contribution is 6.04. The Morgan fingerprint density at radius 2 is 1.60 bits per heavy atom. The molecule has 2 aromatic carbocycles. The average molecular weight is 339 g/mol. The number of nitrogens with zero attached hydrogens (tertiary/aromatic N) is 1. The predicted molar refractivity (Wildman–Crippen MR) is 94.4 cm³/mol. The topological polar surface area (TPSA) is 55.8 Å². The van der Waals surface area contributed by atoms with Gasteiger partial charge in [0.25, 0.3) is 5.91 Å². The van der Waals surface area contributed by atoms with Crippen molar-refractivity contribution in [2.45, 2.75) is 18.9 Å². The number of hydrogen-bond acceptors (Lipinski definition) is 4. The lowest BCUT2D eigenvalue weighted by molar-refractivity contribution is 0.0671. The molecule has 0 aromatic heterocycles. The molecule has 1 unspecified atom stereocenters. The summed E-state index contributed by atoms with van der Waals surface area (Å²) >= 11 is 0. The zero-order valence-corrected chi connectivity index (χ0v) is 14.4. The largest absolute Gasteiger partial charge is 0.497 e. The normalized spacial score (nSPS) is 16.6. The molecule has 0 saturated carbocycles. The van der Waals surface area contributed by atoms with Gasteiger partial charge < -0.3 is 14.4 Å². The van der Waals surface area contributed by atoms with Gasteiger partial charge in [-0.2, -0.15) is 0 Å². The van der Waals surface area contributed by atoms with Gasteiger partial charge in [-0.3, -0.25) is 9.59 Å². The molecule has 1 aliphatic heterocycles. The Hall–Kier alpha value is -2.82. The molecule has 1 fully saturated rings. The minimum atomic E-state index is -0.424. The lowest BCUT2D eigenvalue weighted by Crippen LogP contribution is -2.40. The molecule has 0 N–H and O–H groups in total. The number of rotatable bonds is 5. The van der Waals surface area contributed by atoms with Crippen LogP contribution >= 0.6 is 0 Å². The van der Waals surface area contributed by atoms with Crippen LogP contribution in [0, 0.1) is 0 Å². The van der Waals surface area contributed by atoms with Crippen LogP contribution in [0.1, 0.15) is 33.6 Å². The zero-order valence-electron chi connectivity index (χ0n) is 14.4. The van der Waals surface area contributed by atoms with E-state index in [-0.39, 0.29) is 11.7 Å². The Balaban J connectivity index is 1.87. The van der Waals surface area contributed by atoms with Gasteiger partial charge >= 0.3 is 0 Å². The smallest absolute Gasteiger partial charge is 0.254 e. The number of carbonyl (C=O) groups excluding carboxylic acids is 2. The number of hydrogen-bond donors (Lipinski definition) is 0. The van der Waals surface area contributed by atoms with Gasteiger partial charge in [0.1, 0.15) is 11.5 Å². The maximum atomic E-state index is 13.0. The van der Waals surface area contributed by atoms with Gasteiger partial charge in [-0.1, -0.05) is 30.3 Å². The highest BCUT2D eigenvalue weighted by Gasteiger charge is 2.35. The fourth-order valence-electron chi connectivity index (χ4n) is 3.17. The molecule has 25 heavy (non-hydrogen) atoms. The van der Waals surface area contributed by atoms with Gasteiger partial charge in [0.15, 0.2) is 5.78 Å². The van der Waals surface area contributed by atoms with E-state index < -0.39 is 6.04 Å². The van der Waals surface area contributed by atoms with E-state index in [1.165, 1.54) is 0 Å². The van der Waals surface area contributed by atoms with Crippen molar-refractivity contribution in [3.8, 4) is 11.5 Å². The second-order valence-electron chi connectivity index (χ2n) is 5.99. The van der Waals surface area contributed by atoms with Crippen LogP contribution in [0.25, 0.3) is 0 Å². The Morgan fingerprint density at radius 1 is 0.960 bits per heavy atom. The molecule has 130 valence electrons. The molecule has 2 aromatic rings. The molecule has 3 rings (SSSR count). The van der Waals surface area contributed by atoms with Crippen molar-refractivity contribution in [1.29, 1.82) is 0 Å². The van der Waals surface area contributed by atoms with Crippen LogP contribution in [-0.2, 0) is 0 Å². The summed E-state index contributed by atoms with van der Waals surface area (Å²) < 4.78 is 10.5. The van der Waals surface area contributed by atoms with Crippen molar-refractivity contribution in [2.24, 2.45) is 0 Å². The molecular formula is C20H21NO4. The van der Waals surface area contributed by atoms with Crippen molar-refractivity contribution >= 4 is 11.7 Å². The SMILES string of the molecule is COc1cc(OC)cc(C(=O)N2CCCC2C(=O)c2ccccc2)c1. The number of benzene rings is 2. The summed E-state index contributed by atoms with van der Waals surface area (Å²) in [6, 6.07) is 13.8. The van der Waals surface area contributed by atoms with E-state index in [4.69, 9.17) is 9.47 Å². The summed E-state index contributed by atoms with van der Waals surface area (Å²) in [6.07, 6.45) is 1.50. The van der Waals surface area contributed by atoms with Crippen molar-refractivity contribution in [3.63, 3.8) is 0 Å². The van der Waals surface area contributed by atoms with E-state index in [9.17, 15) is 9.59 Å². The van der Waals surface area contributed by atoms with Crippen LogP contribution in [0.3, 0.4) is 0 Å². The molecule has 0 spiro atoms. The van der Waals surface area contributed by atoms with Crippen molar-refractivity contribution < 1.29 is 19.1 Å². The van der Waals surface area contributed by atoms with E-state index in [0.717, 1.165) is 6.42 Å². The molecule has 1 aliphatic rings. The molecular weight excluding hydrogens is 318 g/mol. The number of ether oxygens (including phenoxy) is 2. The fraction of sp³-hybridized carbons (Fsp3) is 0.300. The summed E-state index contributed by atoms with van der Waals surface area (Å²) in [5.74, 6) is 0.908. The lowest BCUT2D eigenvalue weighted by Gasteiger charge is -2.24. The molecule has 5 nitrogen and oxygen atoms in total. The zero-order chi connectivity index (χ0) is 17.8. The van der Waals surface area contributed by atoms with E-state index in [1.807, 2.05) is 18.2 Å². The molecule has 1 saturated heterocycles. The summed E-state index contributed by atoms with van der Waals surface area (Å²) in [6.45, 7) is 0.571. The van der Waals surface area contributed by atoms with Crippen molar-refractivity contribution in [3.05, 3.63) is 59.7 Å². The van der Waals surface area contributed by atoms with Crippen LogP contribution < -0.4 is 9.47 Å². The van der Waals surface area contributed by atoms with Crippen LogP contribution in [0.4, 0.5) is 0 Å². The Bertz CT molecular complexity index is 750. The minimum absolute atomic E-state index is 0.0127. The number of Topliss-reactive ketones (excluding diaryl/α,β-unsaturated/α-hetero) is 1. The molecule has 1 heterocycles. The molecule has 1 atom stereocenters. The summed E-state index contributed by atoms with van der Waals surface area (Å²) in [4.78, 5) is 27.4. The summed E-state index contributed by atoms with van der Waals surface area (Å²) in [5, 5.41) is 0. The Kier molecular flexibility index (Phi) is 5.03. The summed E-state index contributed by atoms with van der Waals surface area (Å²) in [7, 11) is 3.08. The molecule has 0 aliphatic carbocycles. The Labute approximate surface area is 147 Å². The van der Waals surface area contributed by atoms with Crippen molar-refractivity contribution in [2.75, 3.05) is 20.8 Å².